The summed E-state index contributed by atoms with van der Waals surface area (Å²) < 4.78 is 5.42. The molecule has 122 valence electrons. The molecule has 3 N–H and O–H groups in total. The number of nitrogens with zero attached hydrogens (tertiary/aromatic N) is 1. The normalized spacial score (nSPS) is 20.5. The molecule has 0 saturated carbocycles. The van der Waals surface area contributed by atoms with Crippen LogP contribution in [0.3, 0.4) is 0 Å². The molecule has 2 atom stereocenters. The summed E-state index contributed by atoms with van der Waals surface area (Å²) in [7, 11) is 0. The third-order valence-corrected chi connectivity index (χ3v) is 3.83. The van der Waals surface area contributed by atoms with Gasteiger partial charge in [0.05, 0.1) is 6.10 Å². The zero-order valence-electron chi connectivity index (χ0n) is 13.6. The molecule has 1 saturated heterocycles. The summed E-state index contributed by atoms with van der Waals surface area (Å²) in [6.45, 7) is 6.76. The van der Waals surface area contributed by atoms with Crippen LogP contribution in [-0.2, 0) is 4.74 Å². The molecule has 1 aromatic rings. The van der Waals surface area contributed by atoms with Crippen molar-refractivity contribution in [3.63, 3.8) is 0 Å². The van der Waals surface area contributed by atoms with Gasteiger partial charge in [0.15, 0.2) is 0 Å². The lowest BCUT2D eigenvalue weighted by molar-refractivity contribution is 0.00239. The Kier molecular flexibility index (Phi) is 4.96. The maximum absolute atomic E-state index is 12.2. The van der Waals surface area contributed by atoms with Crippen LogP contribution in [0.5, 0.6) is 0 Å². The van der Waals surface area contributed by atoms with Gasteiger partial charge in [-0.25, -0.2) is 4.79 Å². The van der Waals surface area contributed by atoms with Gasteiger partial charge < -0.3 is 20.5 Å². The van der Waals surface area contributed by atoms with Crippen LogP contribution < -0.4 is 5.73 Å². The van der Waals surface area contributed by atoms with Crippen molar-refractivity contribution in [1.82, 2.24) is 4.90 Å². The number of anilines is 1. The Morgan fingerprint density at radius 3 is 2.59 bits per heavy atom. The van der Waals surface area contributed by atoms with E-state index in [2.05, 4.69) is 0 Å². The maximum Gasteiger partial charge on any atom is 0.410 e. The minimum atomic E-state index is -0.592. The number of carbonyl (C=O) groups excluding carboxylic acids is 1. The second kappa shape index (κ2) is 6.57. The first-order valence-electron chi connectivity index (χ1n) is 7.78. The predicted molar refractivity (Wildman–Crippen MR) is 86.3 cm³/mol. The van der Waals surface area contributed by atoms with E-state index in [9.17, 15) is 9.90 Å². The van der Waals surface area contributed by atoms with E-state index in [0.717, 1.165) is 18.4 Å². The number of nitrogen functional groups attached to an aromatic ring is 1. The number of aliphatic hydroxyl groups is 1. The van der Waals surface area contributed by atoms with Crippen LogP contribution >= 0.6 is 0 Å². The lowest BCUT2D eigenvalue weighted by atomic mass is 9.88. The Labute approximate surface area is 132 Å². The molecule has 22 heavy (non-hydrogen) atoms. The molecule has 0 aromatic heterocycles. The number of amides is 1. The van der Waals surface area contributed by atoms with Crippen molar-refractivity contribution in [2.75, 3.05) is 18.8 Å². The van der Waals surface area contributed by atoms with Crippen molar-refractivity contribution in [3.05, 3.63) is 29.8 Å². The first-order valence-corrected chi connectivity index (χ1v) is 7.78. The quantitative estimate of drug-likeness (QED) is 0.824. The van der Waals surface area contributed by atoms with Gasteiger partial charge in [0, 0.05) is 24.7 Å². The molecule has 5 nitrogen and oxygen atoms in total. The van der Waals surface area contributed by atoms with Crippen molar-refractivity contribution in [1.29, 1.82) is 0 Å². The number of benzene rings is 1. The van der Waals surface area contributed by atoms with Gasteiger partial charge in [-0.1, -0.05) is 12.1 Å². The zero-order valence-corrected chi connectivity index (χ0v) is 13.6. The van der Waals surface area contributed by atoms with Gasteiger partial charge >= 0.3 is 6.09 Å². The minimum absolute atomic E-state index is 0.0184. The van der Waals surface area contributed by atoms with Crippen LogP contribution in [0.15, 0.2) is 24.3 Å². The van der Waals surface area contributed by atoms with Crippen LogP contribution in [0.2, 0.25) is 0 Å². The van der Waals surface area contributed by atoms with Gasteiger partial charge in [0.25, 0.3) is 0 Å². The fourth-order valence-corrected chi connectivity index (χ4v) is 2.73. The average Bonchev–Trinajstić information content (AvgIpc) is 2.46. The SMILES string of the molecule is CC(C)(C)OC(=O)N1CCCC(C(O)c2ccc(N)cc2)C1. The van der Waals surface area contributed by atoms with E-state index in [0.29, 0.717) is 18.8 Å². The summed E-state index contributed by atoms with van der Waals surface area (Å²) >= 11 is 0. The standard InChI is InChI=1S/C17H26N2O3/c1-17(2,3)22-16(21)19-10-4-5-13(11-19)15(20)12-6-8-14(18)9-7-12/h6-9,13,15,20H,4-5,10-11,18H2,1-3H3. The summed E-state index contributed by atoms with van der Waals surface area (Å²) in [5, 5.41) is 10.5. The Hall–Kier alpha value is -1.75. The van der Waals surface area contributed by atoms with Crippen molar-refractivity contribution < 1.29 is 14.6 Å². The fraction of sp³-hybridized carbons (Fsp3) is 0.588. The van der Waals surface area contributed by atoms with Crippen molar-refractivity contribution >= 4 is 11.8 Å². The molecule has 1 aliphatic rings. The van der Waals surface area contributed by atoms with Crippen molar-refractivity contribution in [2.45, 2.75) is 45.3 Å². The lowest BCUT2D eigenvalue weighted by Gasteiger charge is -2.36. The van der Waals surface area contributed by atoms with Crippen LogP contribution in [0.4, 0.5) is 10.5 Å². The number of piperidine rings is 1. The molecular weight excluding hydrogens is 280 g/mol. The molecule has 2 unspecified atom stereocenters. The highest BCUT2D eigenvalue weighted by molar-refractivity contribution is 5.68. The minimum Gasteiger partial charge on any atom is -0.444 e. The van der Waals surface area contributed by atoms with E-state index >= 15 is 0 Å². The average molecular weight is 306 g/mol. The number of nitrogens with two attached hydrogens (primary N) is 1. The molecule has 2 rings (SSSR count). The highest BCUT2D eigenvalue weighted by atomic mass is 16.6. The first-order chi connectivity index (χ1) is 10.3. The van der Waals surface area contributed by atoms with Gasteiger partial charge in [0.2, 0.25) is 0 Å². The number of rotatable bonds is 2. The molecule has 1 heterocycles. The van der Waals surface area contributed by atoms with Crippen LogP contribution in [0.25, 0.3) is 0 Å². The lowest BCUT2D eigenvalue weighted by Crippen LogP contribution is -2.44. The highest BCUT2D eigenvalue weighted by Gasteiger charge is 2.31. The maximum atomic E-state index is 12.2. The molecule has 0 spiro atoms. The summed E-state index contributed by atoms with van der Waals surface area (Å²) in [5.74, 6) is 0.0184. The first kappa shape index (κ1) is 16.6. The van der Waals surface area contributed by atoms with Gasteiger partial charge in [-0.2, -0.15) is 0 Å². The molecule has 1 fully saturated rings. The highest BCUT2D eigenvalue weighted by Crippen LogP contribution is 2.30. The second-order valence-electron chi connectivity index (χ2n) is 6.94. The summed E-state index contributed by atoms with van der Waals surface area (Å²) in [4.78, 5) is 13.9. The summed E-state index contributed by atoms with van der Waals surface area (Å²) in [5.41, 5.74) is 6.69. The van der Waals surface area contributed by atoms with Crippen LogP contribution in [0.1, 0.15) is 45.3 Å². The number of hydrogen-bond donors (Lipinski definition) is 2. The summed E-state index contributed by atoms with van der Waals surface area (Å²) in [6, 6.07) is 7.25. The Morgan fingerprint density at radius 2 is 2.00 bits per heavy atom. The van der Waals surface area contributed by atoms with E-state index in [1.807, 2.05) is 32.9 Å². The van der Waals surface area contributed by atoms with E-state index in [1.165, 1.54) is 0 Å². The van der Waals surface area contributed by atoms with Gasteiger partial charge in [-0.05, 0) is 51.3 Å². The number of hydrogen-bond acceptors (Lipinski definition) is 4. The van der Waals surface area contributed by atoms with Gasteiger partial charge in [-0.15, -0.1) is 0 Å². The topological polar surface area (TPSA) is 75.8 Å². The van der Waals surface area contributed by atoms with E-state index in [-0.39, 0.29) is 12.0 Å². The van der Waals surface area contributed by atoms with E-state index < -0.39 is 11.7 Å². The molecule has 0 bridgehead atoms. The smallest absolute Gasteiger partial charge is 0.410 e. The number of ether oxygens (including phenoxy) is 1. The van der Waals surface area contributed by atoms with Crippen molar-refractivity contribution in [3.8, 4) is 0 Å². The number of carbonyl (C=O) groups is 1. The summed E-state index contributed by atoms with van der Waals surface area (Å²) in [6.07, 6.45) is 0.869. The van der Waals surface area contributed by atoms with Crippen molar-refractivity contribution in [2.24, 2.45) is 5.92 Å². The largest absolute Gasteiger partial charge is 0.444 e. The van der Waals surface area contributed by atoms with Gasteiger partial charge in [-0.3, -0.25) is 0 Å². The molecule has 5 heteroatoms. The molecule has 0 radical (unpaired) electrons. The zero-order chi connectivity index (χ0) is 16.3. The number of likely N-dealkylation sites (tertiary alicyclic amines) is 1. The molecule has 0 aliphatic carbocycles. The predicted octanol–water partition coefficient (Wildman–Crippen LogP) is 2.95. The molecule has 1 aromatic carbocycles. The van der Waals surface area contributed by atoms with E-state index in [4.69, 9.17) is 10.5 Å². The monoisotopic (exact) mass is 306 g/mol. The van der Waals surface area contributed by atoms with E-state index in [1.54, 1.807) is 17.0 Å². The van der Waals surface area contributed by atoms with Crippen LogP contribution in [-0.4, -0.2) is 34.8 Å². The van der Waals surface area contributed by atoms with Crippen LogP contribution in [0, 0.1) is 5.92 Å². The Bertz CT molecular complexity index is 508. The van der Waals surface area contributed by atoms with Gasteiger partial charge in [0.1, 0.15) is 5.60 Å². The second-order valence-corrected chi connectivity index (χ2v) is 6.94. The fourth-order valence-electron chi connectivity index (χ4n) is 2.73. The Balaban J connectivity index is 2.00. The molecule has 1 amide bonds. The Morgan fingerprint density at radius 1 is 1.36 bits per heavy atom. The number of aliphatic hydroxyl groups excluding tert-OH is 1. The molecular formula is C17H26N2O3. The molecule has 1 aliphatic heterocycles. The third kappa shape index (κ3) is 4.37. The third-order valence-electron chi connectivity index (χ3n) is 3.83.